The molecular formula is C14H18N6O2S. The van der Waals surface area contributed by atoms with E-state index in [9.17, 15) is 9.59 Å². The minimum Gasteiger partial charge on any atom is -0.370 e. The summed E-state index contributed by atoms with van der Waals surface area (Å²) < 4.78 is 0. The minimum absolute atomic E-state index is 0.134. The van der Waals surface area contributed by atoms with Crippen LogP contribution in [0.15, 0.2) is 17.8 Å². The van der Waals surface area contributed by atoms with Gasteiger partial charge >= 0.3 is 6.03 Å². The lowest BCUT2D eigenvalue weighted by Gasteiger charge is -2.32. The number of H-pyrrole nitrogens is 1. The van der Waals surface area contributed by atoms with Crippen molar-refractivity contribution in [1.29, 1.82) is 0 Å². The summed E-state index contributed by atoms with van der Waals surface area (Å²) in [5, 5.41) is 12.3. The van der Waals surface area contributed by atoms with Gasteiger partial charge in [0.15, 0.2) is 0 Å². The Hall–Kier alpha value is -2.42. The highest BCUT2D eigenvalue weighted by atomic mass is 32.1. The monoisotopic (exact) mass is 334 g/mol. The molecule has 23 heavy (non-hydrogen) atoms. The highest BCUT2D eigenvalue weighted by molar-refractivity contribution is 7.13. The van der Waals surface area contributed by atoms with Crippen LogP contribution < -0.4 is 11.1 Å². The van der Waals surface area contributed by atoms with Crippen LogP contribution >= 0.6 is 11.3 Å². The lowest BCUT2D eigenvalue weighted by atomic mass is 9.95. The van der Waals surface area contributed by atoms with E-state index in [4.69, 9.17) is 5.73 Å². The SMILES string of the molecule is NC(=O)CC1CCCN(C(=O)Nc2cn[nH]c2-c2nccs2)C1. The largest absolute Gasteiger partial charge is 0.370 e. The zero-order chi connectivity index (χ0) is 16.2. The summed E-state index contributed by atoms with van der Waals surface area (Å²) >= 11 is 1.47. The Balaban J connectivity index is 1.65. The molecule has 0 radical (unpaired) electrons. The van der Waals surface area contributed by atoms with Gasteiger partial charge in [-0.2, -0.15) is 5.10 Å². The van der Waals surface area contributed by atoms with E-state index in [2.05, 4.69) is 20.5 Å². The molecule has 0 spiro atoms. The Bertz CT molecular complexity index is 683. The van der Waals surface area contributed by atoms with Gasteiger partial charge in [0.05, 0.1) is 11.9 Å². The quantitative estimate of drug-likeness (QED) is 0.788. The fourth-order valence-electron chi connectivity index (χ4n) is 2.79. The number of hydrogen-bond acceptors (Lipinski definition) is 5. The molecule has 1 fully saturated rings. The third-order valence-electron chi connectivity index (χ3n) is 3.82. The molecule has 1 aliphatic heterocycles. The van der Waals surface area contributed by atoms with Crippen LogP contribution in [-0.4, -0.2) is 45.1 Å². The molecule has 1 aliphatic rings. The summed E-state index contributed by atoms with van der Waals surface area (Å²) in [6, 6.07) is -0.196. The maximum absolute atomic E-state index is 12.5. The van der Waals surface area contributed by atoms with Crippen LogP contribution in [0.1, 0.15) is 19.3 Å². The van der Waals surface area contributed by atoms with Gasteiger partial charge in [-0.15, -0.1) is 11.3 Å². The molecule has 1 unspecified atom stereocenters. The van der Waals surface area contributed by atoms with E-state index < -0.39 is 0 Å². The Morgan fingerprint density at radius 2 is 2.39 bits per heavy atom. The van der Waals surface area contributed by atoms with Crippen LogP contribution in [0.2, 0.25) is 0 Å². The number of urea groups is 1. The summed E-state index contributed by atoms with van der Waals surface area (Å²) in [5.41, 5.74) is 6.55. The summed E-state index contributed by atoms with van der Waals surface area (Å²) in [6.07, 6.45) is 5.38. The van der Waals surface area contributed by atoms with Crippen LogP contribution in [-0.2, 0) is 4.79 Å². The standard InChI is InChI=1S/C14H18N6O2S/c15-11(21)6-9-2-1-4-20(8-9)14(22)18-10-7-17-19-12(10)13-16-3-5-23-13/h3,5,7,9H,1-2,4,6,8H2,(H2,15,21)(H,17,19)(H,18,22). The number of amides is 3. The molecule has 2 aromatic heterocycles. The van der Waals surface area contributed by atoms with Gasteiger partial charge in [0.1, 0.15) is 10.7 Å². The molecule has 3 heterocycles. The topological polar surface area (TPSA) is 117 Å². The molecule has 2 aromatic rings. The lowest BCUT2D eigenvalue weighted by Crippen LogP contribution is -2.43. The van der Waals surface area contributed by atoms with Gasteiger partial charge in [-0.1, -0.05) is 0 Å². The van der Waals surface area contributed by atoms with Crippen molar-refractivity contribution in [3.8, 4) is 10.7 Å². The zero-order valence-electron chi connectivity index (χ0n) is 12.5. The predicted octanol–water partition coefficient (Wildman–Crippen LogP) is 1.65. The predicted molar refractivity (Wildman–Crippen MR) is 86.8 cm³/mol. The van der Waals surface area contributed by atoms with Gasteiger partial charge in [-0.05, 0) is 18.8 Å². The van der Waals surface area contributed by atoms with Crippen LogP contribution in [0, 0.1) is 5.92 Å². The van der Waals surface area contributed by atoms with Crippen LogP contribution in [0.25, 0.3) is 10.7 Å². The molecule has 3 rings (SSSR count). The van der Waals surface area contributed by atoms with Crippen molar-refractivity contribution in [2.75, 3.05) is 18.4 Å². The van der Waals surface area contributed by atoms with Gasteiger partial charge in [0.25, 0.3) is 0 Å². The number of likely N-dealkylation sites (tertiary alicyclic amines) is 1. The van der Waals surface area contributed by atoms with E-state index in [-0.39, 0.29) is 17.9 Å². The second-order valence-corrected chi connectivity index (χ2v) is 6.45. The second kappa shape index (κ2) is 6.78. The summed E-state index contributed by atoms with van der Waals surface area (Å²) in [6.45, 7) is 1.21. The van der Waals surface area contributed by atoms with Gasteiger partial charge in [0.2, 0.25) is 5.91 Å². The average molecular weight is 334 g/mol. The molecule has 0 aliphatic carbocycles. The molecular weight excluding hydrogens is 316 g/mol. The van der Waals surface area contributed by atoms with Gasteiger partial charge in [0, 0.05) is 31.1 Å². The first-order valence-electron chi connectivity index (χ1n) is 7.41. The van der Waals surface area contributed by atoms with E-state index in [0.717, 1.165) is 17.8 Å². The van der Waals surface area contributed by atoms with E-state index in [1.165, 1.54) is 11.3 Å². The van der Waals surface area contributed by atoms with Gasteiger partial charge < -0.3 is 16.0 Å². The highest BCUT2D eigenvalue weighted by Crippen LogP contribution is 2.27. The minimum atomic E-state index is -0.321. The highest BCUT2D eigenvalue weighted by Gasteiger charge is 2.25. The zero-order valence-corrected chi connectivity index (χ0v) is 13.3. The fraction of sp³-hybridized carbons (Fsp3) is 0.429. The summed E-state index contributed by atoms with van der Waals surface area (Å²) in [5.74, 6) is -0.187. The number of aromatic amines is 1. The van der Waals surface area contributed by atoms with Crippen molar-refractivity contribution in [1.82, 2.24) is 20.1 Å². The Labute approximate surface area is 137 Å². The number of carbonyl (C=O) groups is 2. The Morgan fingerprint density at radius 3 is 3.13 bits per heavy atom. The lowest BCUT2D eigenvalue weighted by molar-refractivity contribution is -0.119. The molecule has 1 saturated heterocycles. The number of primary amides is 1. The molecule has 0 aromatic carbocycles. The second-order valence-electron chi connectivity index (χ2n) is 5.55. The fourth-order valence-corrected chi connectivity index (χ4v) is 3.43. The van der Waals surface area contributed by atoms with E-state index in [1.807, 2.05) is 5.38 Å². The van der Waals surface area contributed by atoms with Crippen molar-refractivity contribution < 1.29 is 9.59 Å². The van der Waals surface area contributed by atoms with E-state index >= 15 is 0 Å². The normalized spacial score (nSPS) is 17.9. The van der Waals surface area contributed by atoms with Gasteiger partial charge in [-0.25, -0.2) is 9.78 Å². The number of thiazole rings is 1. The number of aromatic nitrogens is 3. The Kier molecular flexibility index (Phi) is 4.56. The maximum atomic E-state index is 12.5. The molecule has 122 valence electrons. The third kappa shape index (κ3) is 3.67. The maximum Gasteiger partial charge on any atom is 0.321 e. The first-order chi connectivity index (χ1) is 11.1. The van der Waals surface area contributed by atoms with Crippen molar-refractivity contribution in [3.63, 3.8) is 0 Å². The van der Waals surface area contributed by atoms with Gasteiger partial charge in [-0.3, -0.25) is 9.89 Å². The van der Waals surface area contributed by atoms with E-state index in [0.29, 0.717) is 30.9 Å². The Morgan fingerprint density at radius 1 is 1.52 bits per heavy atom. The van der Waals surface area contributed by atoms with E-state index in [1.54, 1.807) is 17.3 Å². The summed E-state index contributed by atoms with van der Waals surface area (Å²) in [7, 11) is 0. The van der Waals surface area contributed by atoms with Crippen molar-refractivity contribution in [2.24, 2.45) is 11.7 Å². The summed E-state index contributed by atoms with van der Waals surface area (Å²) in [4.78, 5) is 29.5. The average Bonchev–Trinajstić information content (AvgIpc) is 3.17. The number of nitrogens with zero attached hydrogens (tertiary/aromatic N) is 3. The molecule has 4 N–H and O–H groups in total. The molecule has 3 amide bonds. The molecule has 8 nitrogen and oxygen atoms in total. The first-order valence-corrected chi connectivity index (χ1v) is 8.29. The first kappa shape index (κ1) is 15.5. The molecule has 9 heteroatoms. The van der Waals surface area contributed by atoms with Crippen LogP contribution in [0.5, 0.6) is 0 Å². The number of rotatable bonds is 4. The number of nitrogens with two attached hydrogens (primary N) is 1. The van der Waals surface area contributed by atoms with Crippen molar-refractivity contribution in [2.45, 2.75) is 19.3 Å². The molecule has 1 atom stereocenters. The van der Waals surface area contributed by atoms with Crippen LogP contribution in [0.4, 0.5) is 10.5 Å². The van der Waals surface area contributed by atoms with Crippen LogP contribution in [0.3, 0.4) is 0 Å². The molecule has 0 saturated carbocycles. The number of nitrogens with one attached hydrogen (secondary N) is 2. The van der Waals surface area contributed by atoms with Crippen molar-refractivity contribution in [3.05, 3.63) is 17.8 Å². The smallest absolute Gasteiger partial charge is 0.321 e. The number of anilines is 1. The number of piperidine rings is 1. The number of hydrogen-bond donors (Lipinski definition) is 3. The number of carbonyl (C=O) groups excluding carboxylic acids is 2. The third-order valence-corrected chi connectivity index (χ3v) is 4.61. The van der Waals surface area contributed by atoms with Crippen molar-refractivity contribution >= 4 is 29.0 Å². The molecule has 0 bridgehead atoms.